The van der Waals surface area contributed by atoms with E-state index in [-0.39, 0.29) is 0 Å². The molecule has 2 N–H and O–H groups in total. The Morgan fingerprint density at radius 2 is 2.15 bits per heavy atom. The SMILES string of the molecule is NCc1ccccc1-c1nnco1. The second-order valence-corrected chi connectivity index (χ2v) is 2.61. The van der Waals surface area contributed by atoms with E-state index in [1.807, 2.05) is 24.3 Å². The van der Waals surface area contributed by atoms with Crippen LogP contribution < -0.4 is 5.73 Å². The van der Waals surface area contributed by atoms with Gasteiger partial charge in [0.25, 0.3) is 0 Å². The first-order valence-corrected chi connectivity index (χ1v) is 3.96. The van der Waals surface area contributed by atoms with Crippen molar-refractivity contribution in [3.63, 3.8) is 0 Å². The average Bonchev–Trinajstić information content (AvgIpc) is 2.70. The Bertz CT molecular complexity index is 384. The number of hydrogen-bond acceptors (Lipinski definition) is 4. The van der Waals surface area contributed by atoms with Gasteiger partial charge in [0.2, 0.25) is 12.3 Å². The van der Waals surface area contributed by atoms with Gasteiger partial charge in [-0.3, -0.25) is 0 Å². The van der Waals surface area contributed by atoms with Gasteiger partial charge in [0.15, 0.2) is 0 Å². The summed E-state index contributed by atoms with van der Waals surface area (Å²) >= 11 is 0. The van der Waals surface area contributed by atoms with Crippen LogP contribution in [0.25, 0.3) is 11.5 Å². The predicted molar refractivity (Wildman–Crippen MR) is 47.6 cm³/mol. The molecular formula is C9H9N3O. The van der Waals surface area contributed by atoms with E-state index in [4.69, 9.17) is 10.2 Å². The first kappa shape index (κ1) is 7.94. The highest BCUT2D eigenvalue weighted by molar-refractivity contribution is 5.57. The fourth-order valence-corrected chi connectivity index (χ4v) is 1.20. The highest BCUT2D eigenvalue weighted by atomic mass is 16.4. The molecule has 1 heterocycles. The molecule has 0 aliphatic heterocycles. The molecule has 2 aromatic rings. The van der Waals surface area contributed by atoms with Crippen molar-refractivity contribution in [1.82, 2.24) is 10.2 Å². The van der Waals surface area contributed by atoms with Crippen molar-refractivity contribution in [2.75, 3.05) is 0 Å². The Hall–Kier alpha value is -1.68. The molecular weight excluding hydrogens is 166 g/mol. The van der Waals surface area contributed by atoms with Crippen molar-refractivity contribution in [3.05, 3.63) is 36.2 Å². The second kappa shape index (κ2) is 3.37. The molecule has 0 aliphatic rings. The van der Waals surface area contributed by atoms with E-state index < -0.39 is 0 Å². The number of aromatic nitrogens is 2. The third-order valence-electron chi connectivity index (χ3n) is 1.83. The number of benzene rings is 1. The Labute approximate surface area is 75.4 Å². The lowest BCUT2D eigenvalue weighted by atomic mass is 10.1. The molecule has 2 rings (SSSR count). The van der Waals surface area contributed by atoms with Crippen molar-refractivity contribution >= 4 is 0 Å². The normalized spacial score (nSPS) is 10.2. The van der Waals surface area contributed by atoms with Crippen LogP contribution in [0.5, 0.6) is 0 Å². The van der Waals surface area contributed by atoms with Crippen molar-refractivity contribution in [2.45, 2.75) is 6.54 Å². The van der Waals surface area contributed by atoms with Gasteiger partial charge in [0, 0.05) is 12.1 Å². The van der Waals surface area contributed by atoms with Gasteiger partial charge in [-0.15, -0.1) is 10.2 Å². The number of nitrogens with two attached hydrogens (primary N) is 1. The van der Waals surface area contributed by atoms with Crippen LogP contribution in [0.3, 0.4) is 0 Å². The van der Waals surface area contributed by atoms with E-state index in [2.05, 4.69) is 10.2 Å². The molecule has 0 bridgehead atoms. The molecule has 4 heteroatoms. The van der Waals surface area contributed by atoms with Crippen LogP contribution in [0.1, 0.15) is 5.56 Å². The van der Waals surface area contributed by atoms with Gasteiger partial charge < -0.3 is 10.2 Å². The quantitative estimate of drug-likeness (QED) is 0.744. The predicted octanol–water partition coefficient (Wildman–Crippen LogP) is 1.20. The Morgan fingerprint density at radius 3 is 2.85 bits per heavy atom. The lowest BCUT2D eigenvalue weighted by Crippen LogP contribution is -1.98. The minimum absolute atomic E-state index is 0.471. The van der Waals surface area contributed by atoms with Gasteiger partial charge in [0.1, 0.15) is 0 Å². The lowest BCUT2D eigenvalue weighted by Gasteiger charge is -2.01. The molecule has 1 aromatic carbocycles. The number of nitrogens with zero attached hydrogens (tertiary/aromatic N) is 2. The summed E-state index contributed by atoms with van der Waals surface area (Å²) in [6.07, 6.45) is 1.31. The van der Waals surface area contributed by atoms with Crippen LogP contribution in [0.2, 0.25) is 0 Å². The average molecular weight is 175 g/mol. The molecule has 66 valence electrons. The number of rotatable bonds is 2. The lowest BCUT2D eigenvalue weighted by molar-refractivity contribution is 0.568. The third-order valence-corrected chi connectivity index (χ3v) is 1.83. The smallest absolute Gasteiger partial charge is 0.247 e. The van der Waals surface area contributed by atoms with Crippen LogP contribution in [-0.2, 0) is 6.54 Å². The van der Waals surface area contributed by atoms with Gasteiger partial charge in [-0.25, -0.2) is 0 Å². The zero-order valence-electron chi connectivity index (χ0n) is 6.97. The summed E-state index contributed by atoms with van der Waals surface area (Å²) < 4.78 is 5.08. The standard InChI is InChI=1S/C9H9N3O/c10-5-7-3-1-2-4-8(7)9-12-11-6-13-9/h1-4,6H,5,10H2. The van der Waals surface area contributed by atoms with Crippen molar-refractivity contribution in [2.24, 2.45) is 5.73 Å². The van der Waals surface area contributed by atoms with Gasteiger partial charge in [-0.2, -0.15) is 0 Å². The van der Waals surface area contributed by atoms with Gasteiger partial charge in [0.05, 0.1) is 0 Å². The van der Waals surface area contributed by atoms with Crippen molar-refractivity contribution < 1.29 is 4.42 Å². The summed E-state index contributed by atoms with van der Waals surface area (Å²) in [5.41, 5.74) is 7.48. The molecule has 0 aliphatic carbocycles. The molecule has 13 heavy (non-hydrogen) atoms. The van der Waals surface area contributed by atoms with E-state index in [0.29, 0.717) is 12.4 Å². The molecule has 0 unspecified atom stereocenters. The first-order valence-electron chi connectivity index (χ1n) is 3.96. The molecule has 0 fully saturated rings. The fourth-order valence-electron chi connectivity index (χ4n) is 1.20. The van der Waals surface area contributed by atoms with Gasteiger partial charge in [-0.1, -0.05) is 18.2 Å². The minimum Gasteiger partial charge on any atom is -0.423 e. The molecule has 0 saturated heterocycles. The molecule has 0 radical (unpaired) electrons. The van der Waals surface area contributed by atoms with E-state index in [1.165, 1.54) is 6.39 Å². The molecule has 1 aromatic heterocycles. The van der Waals surface area contributed by atoms with Crippen LogP contribution in [0.4, 0.5) is 0 Å². The zero-order valence-corrected chi connectivity index (χ0v) is 6.97. The van der Waals surface area contributed by atoms with Gasteiger partial charge in [-0.05, 0) is 11.6 Å². The maximum Gasteiger partial charge on any atom is 0.247 e. The van der Waals surface area contributed by atoms with Crippen LogP contribution in [0, 0.1) is 0 Å². The molecule has 0 amide bonds. The van der Waals surface area contributed by atoms with Crippen LogP contribution in [0.15, 0.2) is 35.1 Å². The monoisotopic (exact) mass is 175 g/mol. The first-order chi connectivity index (χ1) is 6.42. The molecule has 0 saturated carbocycles. The van der Waals surface area contributed by atoms with Crippen LogP contribution in [-0.4, -0.2) is 10.2 Å². The zero-order chi connectivity index (χ0) is 9.10. The summed E-state index contributed by atoms with van der Waals surface area (Å²) in [5, 5.41) is 7.44. The maximum absolute atomic E-state index is 5.57. The Morgan fingerprint density at radius 1 is 1.31 bits per heavy atom. The Balaban J connectivity index is 2.51. The topological polar surface area (TPSA) is 64.9 Å². The molecule has 4 nitrogen and oxygen atoms in total. The minimum atomic E-state index is 0.471. The molecule has 0 atom stereocenters. The third kappa shape index (κ3) is 1.43. The van der Waals surface area contributed by atoms with Crippen molar-refractivity contribution in [3.8, 4) is 11.5 Å². The van der Waals surface area contributed by atoms with Gasteiger partial charge >= 0.3 is 0 Å². The largest absolute Gasteiger partial charge is 0.423 e. The summed E-state index contributed by atoms with van der Waals surface area (Å²) in [5.74, 6) is 0.515. The summed E-state index contributed by atoms with van der Waals surface area (Å²) in [6.45, 7) is 0.471. The second-order valence-electron chi connectivity index (χ2n) is 2.61. The van der Waals surface area contributed by atoms with E-state index in [0.717, 1.165) is 11.1 Å². The fraction of sp³-hybridized carbons (Fsp3) is 0.111. The summed E-state index contributed by atoms with van der Waals surface area (Å²) in [6, 6.07) is 7.70. The van der Waals surface area contributed by atoms with E-state index in [1.54, 1.807) is 0 Å². The Kier molecular flexibility index (Phi) is 2.06. The van der Waals surface area contributed by atoms with E-state index >= 15 is 0 Å². The summed E-state index contributed by atoms with van der Waals surface area (Å²) in [4.78, 5) is 0. The highest BCUT2D eigenvalue weighted by Crippen LogP contribution is 2.20. The summed E-state index contributed by atoms with van der Waals surface area (Å²) in [7, 11) is 0. The molecule has 0 spiro atoms. The highest BCUT2D eigenvalue weighted by Gasteiger charge is 2.06. The van der Waals surface area contributed by atoms with Crippen molar-refractivity contribution in [1.29, 1.82) is 0 Å². The van der Waals surface area contributed by atoms with E-state index in [9.17, 15) is 0 Å². The maximum atomic E-state index is 5.57. The van der Waals surface area contributed by atoms with Crippen LogP contribution >= 0.6 is 0 Å². The number of hydrogen-bond donors (Lipinski definition) is 1.